The number of phenols is 3. The molecule has 18 atom stereocenters. The highest BCUT2D eigenvalue weighted by atomic mass is 35.5. The molecule has 0 saturated carbocycles. The van der Waals surface area contributed by atoms with Gasteiger partial charge < -0.3 is 133 Å². The largest absolute Gasteiger partial charge is 0.508 e. The summed E-state index contributed by atoms with van der Waals surface area (Å²) in [5.74, 6) is -17.5. The Balaban J connectivity index is 0.998. The summed E-state index contributed by atoms with van der Waals surface area (Å²) in [6, 6.07) is 7.06. The highest BCUT2D eigenvalue weighted by Gasteiger charge is 2.52. The number of ether oxygens (including phenoxy) is 7. The Bertz CT molecular complexity index is 5520. The molecule has 8 heterocycles. The molecule has 11 bridgehead atoms. The monoisotopic (exact) mass is 1850 g/mol. The zero-order chi connectivity index (χ0) is 93.3. The smallest absolute Gasteiger partial charge is 0.349 e. The number of anilines is 1. The average molecular weight is 1850 g/mol. The van der Waals surface area contributed by atoms with Crippen molar-refractivity contribution in [2.45, 2.75) is 169 Å². The van der Waals surface area contributed by atoms with Crippen LogP contribution in [0.25, 0.3) is 17.2 Å². The van der Waals surface area contributed by atoms with Gasteiger partial charge >= 0.3 is 5.69 Å². The summed E-state index contributed by atoms with van der Waals surface area (Å²) in [5, 5.41) is 130. The molecular weight excluding hydrogens is 1760 g/mol. The SMILES string of the molecule is CNC(CC(C)C)C(=O)NC1C(=O)NC(CC(N)=O)C(=O)NC2C(=O)NC3C(=O)NC(C(=O)NC(C(=O)NNC(=O)CCOC)c4cc(O)cc(O)c4-c4cc3ccc4O)C(O)c3ccc(c(Cl)c3)Oc3cc2cc(c3OC2OC(CO)C(O)C(O)C2OC2CC(C)(NCCn3ccc(NC(=O)C=Cc4ccc(Cl)cc4)nc3=O)C(O)C(C)O2)Oc2ccc(cc2Cl)C1O. The molecule has 129 heavy (non-hydrogen) atoms. The molecule has 2 saturated heterocycles. The van der Waals surface area contributed by atoms with E-state index < -0.39 is 271 Å². The quantitative estimate of drug-likeness (QED) is 0.0318. The van der Waals surface area contributed by atoms with Crippen molar-refractivity contribution in [1.82, 2.24) is 62.9 Å². The van der Waals surface area contributed by atoms with Crippen LogP contribution in [0.15, 0.2) is 126 Å². The van der Waals surface area contributed by atoms with Crippen LogP contribution in [0, 0.1) is 5.92 Å². The lowest BCUT2D eigenvalue weighted by molar-refractivity contribution is -0.334. The van der Waals surface area contributed by atoms with Gasteiger partial charge in [-0.2, -0.15) is 4.98 Å². The van der Waals surface area contributed by atoms with Crippen molar-refractivity contribution < 1.29 is 127 Å². The van der Waals surface area contributed by atoms with Crippen molar-refractivity contribution in [3.63, 3.8) is 0 Å². The number of benzene rings is 6. The molecule has 7 aliphatic rings. The van der Waals surface area contributed by atoms with Crippen LogP contribution in [0.2, 0.25) is 15.1 Å². The number of nitrogens with zero attached hydrogens (tertiary/aromatic N) is 2. The number of hydrazine groups is 1. The second-order valence-electron chi connectivity index (χ2n) is 31.7. The third-order valence-corrected chi connectivity index (χ3v) is 22.8. The van der Waals surface area contributed by atoms with Crippen molar-refractivity contribution in [3.8, 4) is 57.1 Å². The van der Waals surface area contributed by atoms with E-state index in [0.29, 0.717) is 10.6 Å². The number of halogens is 3. The van der Waals surface area contributed by atoms with Crippen LogP contribution in [0.4, 0.5) is 5.82 Å². The van der Waals surface area contributed by atoms with Crippen molar-refractivity contribution in [3.05, 3.63) is 180 Å². The third-order valence-electron chi connectivity index (χ3n) is 21.9. The van der Waals surface area contributed by atoms with Gasteiger partial charge in [0.15, 0.2) is 23.9 Å². The number of aliphatic hydroxyl groups excluding tert-OH is 6. The Labute approximate surface area is 749 Å². The summed E-state index contributed by atoms with van der Waals surface area (Å²) >= 11 is 20.4. The number of aromatic hydroxyl groups is 3. The Morgan fingerprint density at radius 2 is 1.37 bits per heavy atom. The Kier molecular flexibility index (Phi) is 30.9. The molecule has 7 aliphatic heterocycles. The topological polar surface area (TPSA) is 611 Å². The number of amides is 10. The predicted octanol–water partition coefficient (Wildman–Crippen LogP) is 1.40. The molecule has 688 valence electrons. The van der Waals surface area contributed by atoms with Crippen molar-refractivity contribution in [1.29, 1.82) is 0 Å². The van der Waals surface area contributed by atoms with Gasteiger partial charge in [-0.3, -0.25) is 63.4 Å². The van der Waals surface area contributed by atoms with E-state index in [0.717, 1.165) is 66.7 Å². The Morgan fingerprint density at radius 3 is 2.01 bits per heavy atom. The van der Waals surface area contributed by atoms with Crippen LogP contribution in [0.5, 0.6) is 46.0 Å². The van der Waals surface area contributed by atoms with Gasteiger partial charge in [-0.25, -0.2) is 4.79 Å². The fourth-order valence-corrected chi connectivity index (χ4v) is 15.7. The molecule has 2 fully saturated rings. The number of phenolic OH excluding ortho intramolecular Hbond substituents is 3. The number of aliphatic hydroxyl groups is 6. The number of carbonyl (C=O) groups is 10. The normalized spacial score (nSPS) is 25.5. The molecule has 0 aliphatic carbocycles. The second-order valence-corrected chi connectivity index (χ2v) is 32.9. The van der Waals surface area contributed by atoms with Crippen LogP contribution >= 0.6 is 34.8 Å². The number of rotatable bonds is 23. The van der Waals surface area contributed by atoms with Gasteiger partial charge in [0, 0.05) is 66.6 Å². The number of hydrogen-bond acceptors (Lipinski definition) is 30. The third kappa shape index (κ3) is 22.6. The molecule has 0 radical (unpaired) electrons. The lowest BCUT2D eigenvalue weighted by atomic mass is 9.85. The second kappa shape index (κ2) is 41.5. The number of aromatic nitrogens is 2. The number of methoxy groups -OCH3 is 1. The number of fused-ring (bicyclic) bond motifs is 15. The molecule has 0 spiro atoms. The van der Waals surface area contributed by atoms with Gasteiger partial charge in [0.1, 0.15) is 101 Å². The van der Waals surface area contributed by atoms with Crippen LogP contribution in [0.3, 0.4) is 0 Å². The first kappa shape index (κ1) is 95.9. The standard InChI is InChI=1S/C85H95Cl3N14O27/c1-36(2)25-49(90-5)76(115)98-67-69(110)40-11-16-53(47(87)27-40)125-55-29-42-30-56(73(55)129-83-74(72(113)71(112)57(35-103)127-83)128-62-34-85(4,75(114)37(3)124-62)91-21-23-102-22-19-59(94-84(102)122)93-60(108)18-9-38-7-13-43(86)14-8-38)126-54-17-12-41(28-48(54)88)70(111)68-81(120)97-66(82(121)101-100-61(109)20-24-123-6)46-31-44(104)32-52(106)63(46)45-26-39(10-15-51(45)105)64(78(117)99-68)96-79(118)65(42)95-77(116)50(33-58(89)107)92-80(67)119/h7-19,22,26-32,36-37,49-50,57,62,64-72,74-75,83,90-91,103-106,110-114H,20-21,23-25,33-35H2,1-6H3,(H2,89,107)(H,92,119)(H,95,116)(H,96,118)(H,97,120)(H,98,115)(H,99,117)(H,100,109)(H,101,121)(H,93,94,108,122). The molecular formula is C85H95Cl3N14O27. The fourth-order valence-electron chi connectivity index (χ4n) is 15.2. The van der Waals surface area contributed by atoms with E-state index in [1.54, 1.807) is 45.0 Å². The minimum absolute atomic E-state index is 0.0422. The van der Waals surface area contributed by atoms with E-state index in [4.69, 9.17) is 73.7 Å². The van der Waals surface area contributed by atoms with E-state index in [9.17, 15) is 74.7 Å². The summed E-state index contributed by atoms with van der Waals surface area (Å²) in [6.45, 7) is 5.43. The summed E-state index contributed by atoms with van der Waals surface area (Å²) in [6.07, 6.45) is -15.9. The summed E-state index contributed by atoms with van der Waals surface area (Å²) in [7, 11) is 2.76. The average Bonchev–Trinajstić information content (AvgIpc) is 0.760. The summed E-state index contributed by atoms with van der Waals surface area (Å²) < 4.78 is 45.6. The van der Waals surface area contributed by atoms with Gasteiger partial charge in [-0.1, -0.05) is 79.0 Å². The van der Waals surface area contributed by atoms with E-state index in [-0.39, 0.29) is 61.8 Å². The first-order valence-electron chi connectivity index (χ1n) is 40.4. The number of primary amides is 1. The van der Waals surface area contributed by atoms with Crippen LogP contribution in [-0.4, -0.2) is 227 Å². The van der Waals surface area contributed by atoms with Crippen LogP contribution in [-0.2, 0) is 73.4 Å². The number of hydrogen-bond donors (Lipinski definition) is 21. The molecule has 41 nitrogen and oxygen atoms in total. The maximum absolute atomic E-state index is 16.4. The zero-order valence-corrected chi connectivity index (χ0v) is 71.9. The highest BCUT2D eigenvalue weighted by molar-refractivity contribution is 6.32. The van der Waals surface area contributed by atoms with Gasteiger partial charge in [-0.15, -0.1) is 0 Å². The van der Waals surface area contributed by atoms with Crippen molar-refractivity contribution in [2.75, 3.05) is 39.2 Å². The minimum atomic E-state index is -2.42. The maximum atomic E-state index is 16.4. The fraction of sp³-hybridized carbons (Fsp3) is 0.388. The number of carbonyl (C=O) groups excluding carboxylic acids is 10. The van der Waals surface area contributed by atoms with E-state index in [2.05, 4.69) is 63.7 Å². The number of nitrogens with one attached hydrogen (secondary N) is 11. The molecule has 14 rings (SSSR count). The molecule has 44 heteroatoms. The molecule has 10 amide bonds. The van der Waals surface area contributed by atoms with E-state index in [1.165, 1.54) is 62.2 Å². The maximum Gasteiger partial charge on any atom is 0.349 e. The molecule has 18 unspecified atom stereocenters. The van der Waals surface area contributed by atoms with Crippen LogP contribution in [0.1, 0.15) is 117 Å². The summed E-state index contributed by atoms with van der Waals surface area (Å²) in [5.41, 5.74) is 5.65. The summed E-state index contributed by atoms with van der Waals surface area (Å²) in [4.78, 5) is 164. The van der Waals surface area contributed by atoms with E-state index in [1.807, 2.05) is 0 Å². The lowest BCUT2D eigenvalue weighted by Gasteiger charge is -2.48. The van der Waals surface area contributed by atoms with Gasteiger partial charge in [0.25, 0.3) is 5.91 Å². The van der Waals surface area contributed by atoms with E-state index >= 15 is 24.0 Å². The lowest BCUT2D eigenvalue weighted by Crippen LogP contribution is -2.65. The first-order chi connectivity index (χ1) is 61.3. The number of likely N-dealkylation sites (N-methyl/N-ethyl adjacent to an activating group) is 1. The molecule has 7 aromatic rings. The predicted molar refractivity (Wildman–Crippen MR) is 456 cm³/mol. The van der Waals surface area contributed by atoms with Gasteiger partial charge in [-0.05, 0) is 145 Å². The number of nitrogens with two attached hydrogens (primary N) is 1. The molecule has 6 aromatic carbocycles. The van der Waals surface area contributed by atoms with Crippen molar-refractivity contribution in [2.24, 2.45) is 11.7 Å². The first-order valence-corrected chi connectivity index (χ1v) is 41.5. The van der Waals surface area contributed by atoms with Gasteiger partial charge in [0.05, 0.1) is 54.4 Å². The van der Waals surface area contributed by atoms with Gasteiger partial charge in [0.2, 0.25) is 65.2 Å². The zero-order valence-electron chi connectivity index (χ0n) is 69.7. The Morgan fingerprint density at radius 1 is 0.721 bits per heavy atom. The highest BCUT2D eigenvalue weighted by Crippen LogP contribution is 2.50. The minimum Gasteiger partial charge on any atom is -0.508 e. The Hall–Kier alpha value is -12.2. The van der Waals surface area contributed by atoms with Crippen molar-refractivity contribution >= 4 is 106 Å². The molecule has 22 N–H and O–H groups in total. The molecule has 1 aromatic heterocycles. The van der Waals surface area contributed by atoms with Crippen LogP contribution < -0.4 is 84.3 Å².